The van der Waals surface area contributed by atoms with Crippen LogP contribution >= 0.6 is 11.6 Å². The molecule has 1 heterocycles. The molecule has 0 aliphatic carbocycles. The van der Waals surface area contributed by atoms with Gasteiger partial charge in [0.05, 0.1) is 12.1 Å². The number of amides is 1. The number of rotatable bonds is 5. The summed E-state index contributed by atoms with van der Waals surface area (Å²) in [6, 6.07) is 7.13. The molecule has 1 N–H and O–H groups in total. The van der Waals surface area contributed by atoms with Crippen LogP contribution < -0.4 is 10.1 Å². The van der Waals surface area contributed by atoms with Crippen molar-refractivity contribution in [1.82, 2.24) is 5.32 Å². The molecule has 1 amide bonds. The van der Waals surface area contributed by atoms with Crippen molar-refractivity contribution in [2.24, 2.45) is 0 Å². The van der Waals surface area contributed by atoms with Crippen LogP contribution in [-0.2, 0) is 4.74 Å². The summed E-state index contributed by atoms with van der Waals surface area (Å²) >= 11 is 6.04. The highest BCUT2D eigenvalue weighted by Crippen LogP contribution is 2.23. The number of ether oxygens (including phenoxy) is 2. The van der Waals surface area contributed by atoms with Gasteiger partial charge in [-0.1, -0.05) is 0 Å². The number of alkyl halides is 1. The molecule has 1 aliphatic rings. The Kier molecular flexibility index (Phi) is 5.26. The fourth-order valence-electron chi connectivity index (χ4n) is 2.24. The maximum Gasteiger partial charge on any atom is 0.251 e. The van der Waals surface area contributed by atoms with Gasteiger partial charge in [-0.15, -0.1) is 11.6 Å². The highest BCUT2D eigenvalue weighted by atomic mass is 35.5. The quantitative estimate of drug-likeness (QED) is 0.850. The Bertz CT molecular complexity index is 441. The zero-order valence-corrected chi connectivity index (χ0v) is 12.4. The first kappa shape index (κ1) is 15.1. The molecule has 1 aromatic carbocycles. The van der Waals surface area contributed by atoms with Gasteiger partial charge in [0.15, 0.2) is 0 Å². The summed E-state index contributed by atoms with van der Waals surface area (Å²) in [4.78, 5) is 12.3. The summed E-state index contributed by atoms with van der Waals surface area (Å²) in [6.07, 6.45) is 1.50. The van der Waals surface area contributed by atoms with E-state index in [0.29, 0.717) is 31.3 Å². The number of hydrogen-bond acceptors (Lipinski definition) is 3. The molecule has 0 atom stereocenters. The van der Waals surface area contributed by atoms with E-state index in [9.17, 15) is 4.79 Å². The molecule has 1 saturated heterocycles. The predicted octanol–water partition coefficient (Wildman–Crippen LogP) is 2.60. The number of carbonyl (C=O) groups excluding carboxylic acids is 1. The standard InChI is InChI=1S/C15H20ClNO3/c1-2-20-13-5-3-12(4-6-13)14(18)17-15(11-16)7-9-19-10-8-15/h3-6H,2,7-11H2,1H3,(H,17,18). The van der Waals surface area contributed by atoms with Crippen molar-refractivity contribution in [1.29, 1.82) is 0 Å². The Morgan fingerprint density at radius 2 is 2.00 bits per heavy atom. The topological polar surface area (TPSA) is 47.6 Å². The lowest BCUT2D eigenvalue weighted by atomic mass is 9.92. The summed E-state index contributed by atoms with van der Waals surface area (Å²) in [5.74, 6) is 1.07. The van der Waals surface area contributed by atoms with E-state index >= 15 is 0 Å². The van der Waals surface area contributed by atoms with Crippen LogP contribution in [0.3, 0.4) is 0 Å². The van der Waals surface area contributed by atoms with Crippen molar-refractivity contribution < 1.29 is 14.3 Å². The van der Waals surface area contributed by atoms with E-state index in [1.165, 1.54) is 0 Å². The molecule has 0 saturated carbocycles. The third kappa shape index (κ3) is 3.64. The van der Waals surface area contributed by atoms with E-state index in [4.69, 9.17) is 21.1 Å². The summed E-state index contributed by atoms with van der Waals surface area (Å²) in [5, 5.41) is 3.06. The predicted molar refractivity (Wildman–Crippen MR) is 78.6 cm³/mol. The molecule has 2 rings (SSSR count). The second-order valence-electron chi connectivity index (χ2n) is 4.94. The van der Waals surface area contributed by atoms with Crippen LogP contribution in [0.5, 0.6) is 5.75 Å². The maximum atomic E-state index is 12.3. The van der Waals surface area contributed by atoms with Crippen LogP contribution in [0.2, 0.25) is 0 Å². The SMILES string of the molecule is CCOc1ccc(C(=O)NC2(CCl)CCOCC2)cc1. The van der Waals surface area contributed by atoms with E-state index in [-0.39, 0.29) is 11.4 Å². The number of halogens is 1. The normalized spacial score (nSPS) is 17.5. The van der Waals surface area contributed by atoms with Gasteiger partial charge in [-0.2, -0.15) is 0 Å². The van der Waals surface area contributed by atoms with Gasteiger partial charge in [0.25, 0.3) is 5.91 Å². The molecule has 0 aromatic heterocycles. The van der Waals surface area contributed by atoms with E-state index in [0.717, 1.165) is 18.6 Å². The summed E-state index contributed by atoms with van der Waals surface area (Å²) < 4.78 is 10.7. The Balaban J connectivity index is 2.03. The van der Waals surface area contributed by atoms with E-state index in [2.05, 4.69) is 5.32 Å². The van der Waals surface area contributed by atoms with Crippen LogP contribution in [-0.4, -0.2) is 37.1 Å². The van der Waals surface area contributed by atoms with Crippen molar-refractivity contribution in [3.8, 4) is 5.75 Å². The second kappa shape index (κ2) is 6.95. The monoisotopic (exact) mass is 297 g/mol. The smallest absolute Gasteiger partial charge is 0.251 e. The van der Waals surface area contributed by atoms with Gasteiger partial charge in [-0.25, -0.2) is 0 Å². The lowest BCUT2D eigenvalue weighted by Gasteiger charge is -2.36. The largest absolute Gasteiger partial charge is 0.494 e. The second-order valence-corrected chi connectivity index (χ2v) is 5.21. The lowest BCUT2D eigenvalue weighted by Crippen LogP contribution is -2.53. The minimum atomic E-state index is -0.352. The average Bonchev–Trinajstić information content (AvgIpc) is 2.49. The minimum absolute atomic E-state index is 0.101. The Labute approximate surface area is 124 Å². The molecule has 110 valence electrons. The molecule has 0 radical (unpaired) electrons. The number of hydrogen-bond donors (Lipinski definition) is 1. The molecular weight excluding hydrogens is 278 g/mol. The van der Waals surface area contributed by atoms with E-state index in [1.54, 1.807) is 24.3 Å². The molecule has 0 unspecified atom stereocenters. The molecule has 5 heteroatoms. The average molecular weight is 298 g/mol. The third-order valence-electron chi connectivity index (χ3n) is 3.51. The first-order valence-electron chi connectivity index (χ1n) is 6.88. The summed E-state index contributed by atoms with van der Waals surface area (Å²) in [7, 11) is 0. The third-order valence-corrected chi connectivity index (χ3v) is 4.02. The molecule has 4 nitrogen and oxygen atoms in total. The first-order valence-corrected chi connectivity index (χ1v) is 7.42. The van der Waals surface area contributed by atoms with Gasteiger partial charge in [-0.3, -0.25) is 4.79 Å². The molecule has 1 aliphatic heterocycles. The molecule has 1 fully saturated rings. The number of nitrogens with one attached hydrogen (secondary N) is 1. The highest BCUT2D eigenvalue weighted by molar-refractivity contribution is 6.19. The zero-order chi connectivity index (χ0) is 14.4. The Morgan fingerprint density at radius 1 is 1.35 bits per heavy atom. The highest BCUT2D eigenvalue weighted by Gasteiger charge is 2.33. The van der Waals surface area contributed by atoms with Gasteiger partial charge < -0.3 is 14.8 Å². The fraction of sp³-hybridized carbons (Fsp3) is 0.533. The molecule has 0 spiro atoms. The van der Waals surface area contributed by atoms with Crippen molar-refractivity contribution >= 4 is 17.5 Å². The van der Waals surface area contributed by atoms with Gasteiger partial charge >= 0.3 is 0 Å². The van der Waals surface area contributed by atoms with Gasteiger partial charge in [0.1, 0.15) is 5.75 Å². The lowest BCUT2D eigenvalue weighted by molar-refractivity contribution is 0.0434. The van der Waals surface area contributed by atoms with Gasteiger partial charge in [0, 0.05) is 24.7 Å². The number of carbonyl (C=O) groups is 1. The van der Waals surface area contributed by atoms with Crippen molar-refractivity contribution in [2.75, 3.05) is 25.7 Å². The van der Waals surface area contributed by atoms with E-state index < -0.39 is 0 Å². The van der Waals surface area contributed by atoms with Crippen molar-refractivity contribution in [3.63, 3.8) is 0 Å². The summed E-state index contributed by atoms with van der Waals surface area (Å²) in [5.41, 5.74) is 0.264. The fourth-order valence-corrected chi connectivity index (χ4v) is 2.57. The molecule has 1 aromatic rings. The van der Waals surface area contributed by atoms with Crippen LogP contribution in [0.1, 0.15) is 30.1 Å². The van der Waals surface area contributed by atoms with E-state index in [1.807, 2.05) is 6.92 Å². The molecular formula is C15H20ClNO3. The molecule has 0 bridgehead atoms. The van der Waals surface area contributed by atoms with Crippen LogP contribution in [0.25, 0.3) is 0 Å². The Hall–Kier alpha value is -1.26. The van der Waals surface area contributed by atoms with Crippen molar-refractivity contribution in [2.45, 2.75) is 25.3 Å². The van der Waals surface area contributed by atoms with Gasteiger partial charge in [0.2, 0.25) is 0 Å². The van der Waals surface area contributed by atoms with Gasteiger partial charge in [-0.05, 0) is 44.0 Å². The van der Waals surface area contributed by atoms with Crippen LogP contribution in [0.15, 0.2) is 24.3 Å². The first-order chi connectivity index (χ1) is 9.69. The van der Waals surface area contributed by atoms with Crippen LogP contribution in [0, 0.1) is 0 Å². The van der Waals surface area contributed by atoms with Crippen LogP contribution in [0.4, 0.5) is 0 Å². The summed E-state index contributed by atoms with van der Waals surface area (Å²) in [6.45, 7) is 3.81. The maximum absolute atomic E-state index is 12.3. The Morgan fingerprint density at radius 3 is 2.55 bits per heavy atom. The molecule has 20 heavy (non-hydrogen) atoms. The van der Waals surface area contributed by atoms with Crippen molar-refractivity contribution in [3.05, 3.63) is 29.8 Å². The number of benzene rings is 1. The zero-order valence-electron chi connectivity index (χ0n) is 11.7. The minimum Gasteiger partial charge on any atom is -0.494 e.